The number of amides is 2. The minimum Gasteiger partial charge on any atom is -0.355 e. The van der Waals surface area contributed by atoms with Gasteiger partial charge < -0.3 is 10.2 Å². The molecule has 0 aliphatic carbocycles. The minimum atomic E-state index is -4.09. The van der Waals surface area contributed by atoms with Crippen LogP contribution in [0.15, 0.2) is 83.8 Å². The molecule has 9 heteroatoms. The van der Waals surface area contributed by atoms with Gasteiger partial charge in [0.1, 0.15) is 12.6 Å². The standard InChI is InChI=1S/C28H32ClN3O4S/c1-4-25(28(34)30-5-2)31(19-22-14-10-11-17-24(22)29)27(33)20-32(26-18-12-9-13-21(26)3)37(35,36)23-15-7-6-8-16-23/h6-18,25H,4-5,19-20H2,1-3H3,(H,30,34)/t25-/m1/s1. The van der Waals surface area contributed by atoms with E-state index in [0.717, 1.165) is 4.31 Å². The van der Waals surface area contributed by atoms with Gasteiger partial charge >= 0.3 is 0 Å². The van der Waals surface area contributed by atoms with Gasteiger partial charge in [-0.3, -0.25) is 13.9 Å². The molecule has 3 aromatic carbocycles. The van der Waals surface area contributed by atoms with E-state index < -0.39 is 28.5 Å². The number of hydrogen-bond acceptors (Lipinski definition) is 4. The highest BCUT2D eigenvalue weighted by atomic mass is 35.5. The molecule has 0 saturated heterocycles. The van der Waals surface area contributed by atoms with Crippen LogP contribution in [-0.2, 0) is 26.2 Å². The first-order chi connectivity index (χ1) is 17.7. The minimum absolute atomic E-state index is 0.0567. The fourth-order valence-corrected chi connectivity index (χ4v) is 5.79. The molecule has 37 heavy (non-hydrogen) atoms. The third-order valence-electron chi connectivity index (χ3n) is 6.03. The maximum Gasteiger partial charge on any atom is 0.264 e. The van der Waals surface area contributed by atoms with Crippen molar-refractivity contribution in [1.82, 2.24) is 10.2 Å². The zero-order valence-electron chi connectivity index (χ0n) is 21.2. The lowest BCUT2D eigenvalue weighted by Crippen LogP contribution is -2.52. The van der Waals surface area contributed by atoms with E-state index in [2.05, 4.69) is 5.32 Å². The molecule has 3 aromatic rings. The van der Waals surface area contributed by atoms with Gasteiger partial charge in [-0.15, -0.1) is 0 Å². The van der Waals surface area contributed by atoms with Crippen LogP contribution in [0.3, 0.4) is 0 Å². The van der Waals surface area contributed by atoms with Gasteiger partial charge in [0, 0.05) is 18.1 Å². The Bertz CT molecular complexity index is 1330. The first-order valence-electron chi connectivity index (χ1n) is 12.1. The number of hydrogen-bond donors (Lipinski definition) is 1. The molecule has 2 amide bonds. The topological polar surface area (TPSA) is 86.8 Å². The predicted octanol–water partition coefficient (Wildman–Crippen LogP) is 4.79. The number of carbonyl (C=O) groups excluding carboxylic acids is 2. The zero-order chi connectivity index (χ0) is 27.0. The summed E-state index contributed by atoms with van der Waals surface area (Å²) in [4.78, 5) is 28.4. The molecule has 0 aliphatic rings. The quantitative estimate of drug-likeness (QED) is 0.378. The van der Waals surface area contributed by atoms with Crippen molar-refractivity contribution in [2.45, 2.75) is 44.7 Å². The molecule has 0 unspecified atom stereocenters. The number of nitrogens with one attached hydrogen (secondary N) is 1. The van der Waals surface area contributed by atoms with Crippen LogP contribution in [0.4, 0.5) is 5.69 Å². The number of sulfonamides is 1. The van der Waals surface area contributed by atoms with Crippen molar-refractivity contribution in [2.75, 3.05) is 17.4 Å². The summed E-state index contributed by atoms with van der Waals surface area (Å²) >= 11 is 6.39. The molecule has 0 heterocycles. The van der Waals surface area contributed by atoms with E-state index in [1.807, 2.05) is 6.92 Å². The van der Waals surface area contributed by atoms with E-state index >= 15 is 0 Å². The molecule has 1 atom stereocenters. The number of rotatable bonds is 11. The monoisotopic (exact) mass is 541 g/mol. The average Bonchev–Trinajstić information content (AvgIpc) is 2.89. The van der Waals surface area contributed by atoms with Crippen molar-refractivity contribution in [1.29, 1.82) is 0 Å². The first-order valence-corrected chi connectivity index (χ1v) is 14.0. The highest BCUT2D eigenvalue weighted by Gasteiger charge is 2.34. The number of nitrogens with zero attached hydrogens (tertiary/aromatic N) is 2. The second-order valence-electron chi connectivity index (χ2n) is 8.54. The Hall–Kier alpha value is -3.36. The van der Waals surface area contributed by atoms with Crippen molar-refractivity contribution in [2.24, 2.45) is 0 Å². The fraction of sp³-hybridized carbons (Fsp3) is 0.286. The van der Waals surface area contributed by atoms with Gasteiger partial charge in [-0.05, 0) is 55.7 Å². The van der Waals surface area contributed by atoms with Crippen molar-refractivity contribution in [3.63, 3.8) is 0 Å². The smallest absolute Gasteiger partial charge is 0.264 e. The summed E-state index contributed by atoms with van der Waals surface area (Å²) in [6.45, 7) is 5.38. The Morgan fingerprint density at radius 2 is 1.54 bits per heavy atom. The Balaban J connectivity index is 2.07. The summed E-state index contributed by atoms with van der Waals surface area (Å²) in [5.41, 5.74) is 1.75. The largest absolute Gasteiger partial charge is 0.355 e. The van der Waals surface area contributed by atoms with Crippen LogP contribution < -0.4 is 9.62 Å². The van der Waals surface area contributed by atoms with Crippen LogP contribution in [0.25, 0.3) is 0 Å². The number of benzene rings is 3. The molecule has 0 bridgehead atoms. The zero-order valence-corrected chi connectivity index (χ0v) is 22.8. The summed E-state index contributed by atoms with van der Waals surface area (Å²) in [7, 11) is -4.09. The second-order valence-corrected chi connectivity index (χ2v) is 10.8. The fourth-order valence-electron chi connectivity index (χ4n) is 4.10. The number of carbonyl (C=O) groups is 2. The van der Waals surface area contributed by atoms with E-state index in [9.17, 15) is 18.0 Å². The van der Waals surface area contributed by atoms with Crippen LogP contribution >= 0.6 is 11.6 Å². The number of likely N-dealkylation sites (N-methyl/N-ethyl adjacent to an activating group) is 1. The maximum absolute atomic E-state index is 13.9. The third kappa shape index (κ3) is 6.70. The first kappa shape index (κ1) is 28.2. The van der Waals surface area contributed by atoms with Crippen LogP contribution in [-0.4, -0.2) is 44.3 Å². The van der Waals surface area contributed by atoms with Gasteiger partial charge in [0.2, 0.25) is 11.8 Å². The number of aryl methyl sites for hydroxylation is 1. The predicted molar refractivity (Wildman–Crippen MR) is 147 cm³/mol. The highest BCUT2D eigenvalue weighted by molar-refractivity contribution is 7.92. The molecule has 0 fully saturated rings. The molecule has 196 valence electrons. The summed E-state index contributed by atoms with van der Waals surface area (Å²) in [6, 6.07) is 21.3. The third-order valence-corrected chi connectivity index (χ3v) is 8.17. The molecule has 3 rings (SSSR count). The van der Waals surface area contributed by atoms with E-state index in [0.29, 0.717) is 34.8 Å². The summed E-state index contributed by atoms with van der Waals surface area (Å²) in [5, 5.41) is 3.24. The molecular weight excluding hydrogens is 510 g/mol. The van der Waals surface area contributed by atoms with Crippen LogP contribution in [0.2, 0.25) is 5.02 Å². The van der Waals surface area contributed by atoms with Gasteiger partial charge in [0.15, 0.2) is 0 Å². The second kappa shape index (κ2) is 12.7. The van der Waals surface area contributed by atoms with E-state index in [1.54, 1.807) is 80.6 Å². The van der Waals surface area contributed by atoms with Crippen molar-refractivity contribution in [3.05, 3.63) is 95.0 Å². The summed E-state index contributed by atoms with van der Waals surface area (Å²) < 4.78 is 28.7. The van der Waals surface area contributed by atoms with Gasteiger partial charge in [0.25, 0.3) is 10.0 Å². The Labute approximate surface area is 224 Å². The average molecular weight is 542 g/mol. The molecule has 1 N–H and O–H groups in total. The van der Waals surface area contributed by atoms with E-state index in [4.69, 9.17) is 11.6 Å². The number of halogens is 1. The molecule has 0 aliphatic heterocycles. The summed E-state index contributed by atoms with van der Waals surface area (Å²) in [5.74, 6) is -0.820. The summed E-state index contributed by atoms with van der Waals surface area (Å²) in [6.07, 6.45) is 0.345. The molecule has 7 nitrogen and oxygen atoms in total. The molecule has 0 aromatic heterocycles. The molecule has 0 saturated carbocycles. The van der Waals surface area contributed by atoms with Gasteiger partial charge in [-0.25, -0.2) is 8.42 Å². The Morgan fingerprint density at radius 1 is 0.919 bits per heavy atom. The van der Waals surface area contributed by atoms with E-state index in [1.165, 1.54) is 17.0 Å². The lowest BCUT2D eigenvalue weighted by Gasteiger charge is -2.33. The Kier molecular flexibility index (Phi) is 9.72. The van der Waals surface area contributed by atoms with Gasteiger partial charge in [-0.2, -0.15) is 0 Å². The SMILES string of the molecule is CCNC(=O)[C@@H](CC)N(Cc1ccccc1Cl)C(=O)CN(c1ccccc1C)S(=O)(=O)c1ccccc1. The molecular formula is C28H32ClN3O4S. The van der Waals surface area contributed by atoms with Crippen molar-refractivity contribution in [3.8, 4) is 0 Å². The maximum atomic E-state index is 13.9. The Morgan fingerprint density at radius 3 is 2.16 bits per heavy atom. The number of para-hydroxylation sites is 1. The van der Waals surface area contributed by atoms with Gasteiger partial charge in [-0.1, -0.05) is 73.1 Å². The van der Waals surface area contributed by atoms with E-state index in [-0.39, 0.29) is 17.3 Å². The lowest BCUT2D eigenvalue weighted by atomic mass is 10.1. The number of anilines is 1. The van der Waals surface area contributed by atoms with Gasteiger partial charge in [0.05, 0.1) is 10.6 Å². The molecule has 0 spiro atoms. The molecule has 0 radical (unpaired) electrons. The van der Waals surface area contributed by atoms with Crippen molar-refractivity contribution >= 4 is 39.1 Å². The lowest BCUT2D eigenvalue weighted by molar-refractivity contribution is -0.140. The van der Waals surface area contributed by atoms with Crippen molar-refractivity contribution < 1.29 is 18.0 Å². The van der Waals surface area contributed by atoms with Crippen LogP contribution in [0.1, 0.15) is 31.4 Å². The van der Waals surface area contributed by atoms with Crippen LogP contribution in [0.5, 0.6) is 0 Å². The van der Waals surface area contributed by atoms with Crippen LogP contribution in [0, 0.1) is 6.92 Å². The highest BCUT2D eigenvalue weighted by Crippen LogP contribution is 2.28. The normalized spacial score (nSPS) is 12.0.